The van der Waals surface area contributed by atoms with Crippen LogP contribution in [0.5, 0.6) is 0 Å². The Labute approximate surface area is 130 Å². The van der Waals surface area contributed by atoms with E-state index in [-0.39, 0.29) is 0 Å². The first-order chi connectivity index (χ1) is 9.63. The fourth-order valence-electron chi connectivity index (χ4n) is 4.68. The second-order valence-corrected chi connectivity index (χ2v) is 9.06. The highest BCUT2D eigenvalue weighted by atomic mass is 16.3. The zero-order chi connectivity index (χ0) is 15.9. The number of nitrogens with zero attached hydrogens (tertiary/aromatic N) is 1. The van der Waals surface area contributed by atoms with Gasteiger partial charge in [0.2, 0.25) is 0 Å². The van der Waals surface area contributed by atoms with Crippen LogP contribution in [0.1, 0.15) is 79.6 Å². The number of hydrogen-bond donors (Lipinski definition) is 1. The van der Waals surface area contributed by atoms with Crippen molar-refractivity contribution in [2.45, 2.75) is 85.2 Å². The summed E-state index contributed by atoms with van der Waals surface area (Å²) in [7, 11) is 0. The highest BCUT2D eigenvalue weighted by Crippen LogP contribution is 2.55. The van der Waals surface area contributed by atoms with Crippen molar-refractivity contribution in [3.63, 3.8) is 0 Å². The second kappa shape index (κ2) is 5.58. The molecule has 0 aromatic carbocycles. The smallest absolute Gasteiger partial charge is 0.0860 e. The van der Waals surface area contributed by atoms with Crippen molar-refractivity contribution in [3.05, 3.63) is 0 Å². The number of hydrogen-bond acceptors (Lipinski definition) is 2. The van der Waals surface area contributed by atoms with Gasteiger partial charge in [-0.25, -0.2) is 0 Å². The Kier molecular flexibility index (Phi) is 4.47. The maximum absolute atomic E-state index is 11.3. The molecule has 0 spiro atoms. The van der Waals surface area contributed by atoms with Crippen molar-refractivity contribution >= 4 is 0 Å². The molecule has 21 heavy (non-hydrogen) atoms. The first-order valence-corrected chi connectivity index (χ1v) is 8.77. The third-order valence-corrected chi connectivity index (χ3v) is 6.81. The summed E-state index contributed by atoms with van der Waals surface area (Å²) in [6.07, 6.45) is 6.61. The summed E-state index contributed by atoms with van der Waals surface area (Å²) in [5.74, 6) is 1.88. The lowest BCUT2D eigenvalue weighted by Crippen LogP contribution is -2.53. The SMILES string of the molecule is CC1CCC(O)(C2(C#N)CCC(C(C)(C)C)CC2)CC1C. The van der Waals surface area contributed by atoms with Crippen LogP contribution in [-0.4, -0.2) is 10.7 Å². The fourth-order valence-corrected chi connectivity index (χ4v) is 4.68. The van der Waals surface area contributed by atoms with Gasteiger partial charge in [0, 0.05) is 0 Å². The minimum absolute atomic E-state index is 0.318. The summed E-state index contributed by atoms with van der Waals surface area (Å²) in [6.45, 7) is 11.4. The molecule has 0 amide bonds. The molecule has 2 rings (SSSR count). The van der Waals surface area contributed by atoms with Crippen LogP contribution in [0.4, 0.5) is 0 Å². The van der Waals surface area contributed by atoms with Crippen LogP contribution >= 0.6 is 0 Å². The first-order valence-electron chi connectivity index (χ1n) is 8.77. The average molecular weight is 291 g/mol. The van der Waals surface area contributed by atoms with Gasteiger partial charge in [0.1, 0.15) is 0 Å². The monoisotopic (exact) mass is 291 g/mol. The van der Waals surface area contributed by atoms with E-state index >= 15 is 0 Å². The Hall–Kier alpha value is -0.550. The molecule has 0 aliphatic heterocycles. The summed E-state index contributed by atoms with van der Waals surface area (Å²) in [5.41, 5.74) is -0.932. The van der Waals surface area contributed by atoms with Gasteiger partial charge in [-0.05, 0) is 68.1 Å². The molecule has 3 unspecified atom stereocenters. The topological polar surface area (TPSA) is 44.0 Å². The van der Waals surface area contributed by atoms with Crippen molar-refractivity contribution in [2.24, 2.45) is 28.6 Å². The minimum Gasteiger partial charge on any atom is -0.388 e. The maximum Gasteiger partial charge on any atom is 0.0860 e. The van der Waals surface area contributed by atoms with Crippen LogP contribution in [0.3, 0.4) is 0 Å². The van der Waals surface area contributed by atoms with Crippen molar-refractivity contribution in [2.75, 3.05) is 0 Å². The quantitative estimate of drug-likeness (QED) is 0.745. The number of nitriles is 1. The van der Waals surface area contributed by atoms with Gasteiger partial charge in [0.15, 0.2) is 0 Å². The predicted octanol–water partition coefficient (Wildman–Crippen LogP) is 4.92. The van der Waals surface area contributed by atoms with Gasteiger partial charge in [0.25, 0.3) is 0 Å². The third-order valence-electron chi connectivity index (χ3n) is 6.81. The highest BCUT2D eigenvalue weighted by molar-refractivity contribution is 5.15. The predicted molar refractivity (Wildman–Crippen MR) is 86.6 cm³/mol. The Morgan fingerprint density at radius 1 is 1.00 bits per heavy atom. The van der Waals surface area contributed by atoms with Gasteiger partial charge in [-0.2, -0.15) is 5.26 Å². The zero-order valence-electron chi connectivity index (χ0n) is 14.6. The van der Waals surface area contributed by atoms with Gasteiger partial charge >= 0.3 is 0 Å². The van der Waals surface area contributed by atoms with E-state index in [9.17, 15) is 10.4 Å². The van der Waals surface area contributed by atoms with E-state index in [1.54, 1.807) is 0 Å². The van der Waals surface area contributed by atoms with Crippen LogP contribution in [-0.2, 0) is 0 Å². The molecule has 2 nitrogen and oxygen atoms in total. The summed E-state index contributed by atoms with van der Waals surface area (Å²) in [5, 5.41) is 21.2. The first kappa shape index (κ1) is 16.8. The highest BCUT2D eigenvalue weighted by Gasteiger charge is 2.54. The van der Waals surface area contributed by atoms with Gasteiger partial charge in [-0.3, -0.25) is 0 Å². The number of rotatable bonds is 1. The van der Waals surface area contributed by atoms with Crippen molar-refractivity contribution < 1.29 is 5.11 Å². The van der Waals surface area contributed by atoms with Gasteiger partial charge < -0.3 is 5.11 Å². The van der Waals surface area contributed by atoms with Crippen LogP contribution in [0, 0.1) is 39.9 Å². The van der Waals surface area contributed by atoms with Crippen LogP contribution in [0.15, 0.2) is 0 Å². The van der Waals surface area contributed by atoms with Crippen molar-refractivity contribution in [1.29, 1.82) is 5.26 Å². The molecule has 2 fully saturated rings. The standard InChI is InChI=1S/C19H33NO/c1-14-6-11-19(21,12-15(14)2)18(13-20)9-7-16(8-10-18)17(3,4)5/h14-16,21H,6-12H2,1-5H3. The minimum atomic E-state index is -0.753. The molecule has 0 aromatic heterocycles. The molecule has 1 N–H and O–H groups in total. The normalized spacial score (nSPS) is 45.1. The van der Waals surface area contributed by atoms with Crippen LogP contribution in [0.25, 0.3) is 0 Å². The molecule has 0 saturated heterocycles. The lowest BCUT2D eigenvalue weighted by Gasteiger charge is -2.52. The molecule has 2 aliphatic carbocycles. The summed E-state index contributed by atoms with van der Waals surface area (Å²) >= 11 is 0. The molecular formula is C19H33NO. The molecule has 0 heterocycles. The van der Waals surface area contributed by atoms with E-state index in [0.717, 1.165) is 44.9 Å². The van der Waals surface area contributed by atoms with E-state index in [0.29, 0.717) is 23.2 Å². The maximum atomic E-state index is 11.3. The van der Waals surface area contributed by atoms with E-state index in [1.165, 1.54) is 0 Å². The zero-order valence-corrected chi connectivity index (χ0v) is 14.6. The molecule has 3 atom stereocenters. The van der Waals surface area contributed by atoms with Crippen LogP contribution < -0.4 is 0 Å². The Morgan fingerprint density at radius 2 is 1.57 bits per heavy atom. The molecule has 0 aromatic rings. The lowest BCUT2D eigenvalue weighted by atomic mass is 9.54. The van der Waals surface area contributed by atoms with Crippen molar-refractivity contribution in [1.82, 2.24) is 0 Å². The number of aliphatic hydroxyl groups is 1. The molecule has 0 radical (unpaired) electrons. The summed E-state index contributed by atoms with van der Waals surface area (Å²) in [4.78, 5) is 0. The van der Waals surface area contributed by atoms with E-state index in [2.05, 4.69) is 40.7 Å². The molecule has 2 aliphatic rings. The lowest BCUT2D eigenvalue weighted by molar-refractivity contribution is -0.125. The van der Waals surface area contributed by atoms with E-state index in [1.807, 2.05) is 0 Å². The largest absolute Gasteiger partial charge is 0.388 e. The molecular weight excluding hydrogens is 258 g/mol. The van der Waals surface area contributed by atoms with Gasteiger partial charge in [-0.15, -0.1) is 0 Å². The summed E-state index contributed by atoms with van der Waals surface area (Å²) < 4.78 is 0. The Bertz CT molecular complexity index is 408. The van der Waals surface area contributed by atoms with Gasteiger partial charge in [0.05, 0.1) is 17.1 Å². The fraction of sp³-hybridized carbons (Fsp3) is 0.947. The molecule has 2 heteroatoms. The molecule has 120 valence electrons. The third kappa shape index (κ3) is 3.00. The molecule has 2 saturated carbocycles. The Balaban J connectivity index is 2.15. The molecule has 0 bridgehead atoms. The van der Waals surface area contributed by atoms with Crippen molar-refractivity contribution in [3.8, 4) is 6.07 Å². The van der Waals surface area contributed by atoms with Crippen LogP contribution in [0.2, 0.25) is 0 Å². The van der Waals surface area contributed by atoms with E-state index < -0.39 is 11.0 Å². The van der Waals surface area contributed by atoms with Gasteiger partial charge in [-0.1, -0.05) is 34.6 Å². The average Bonchev–Trinajstić information content (AvgIpc) is 2.42. The summed E-state index contributed by atoms with van der Waals surface area (Å²) in [6, 6.07) is 2.59. The Morgan fingerprint density at radius 3 is 2.00 bits per heavy atom. The second-order valence-electron chi connectivity index (χ2n) is 9.06. The van der Waals surface area contributed by atoms with E-state index in [4.69, 9.17) is 0 Å².